The predicted molar refractivity (Wildman–Crippen MR) is 47.2 cm³/mol. The predicted octanol–water partition coefficient (Wildman–Crippen LogP) is 1.20. The van der Waals surface area contributed by atoms with Gasteiger partial charge in [0.05, 0.1) is 12.5 Å². The maximum absolute atomic E-state index is 11.5. The second kappa shape index (κ2) is 3.63. The van der Waals surface area contributed by atoms with Crippen LogP contribution in [0.4, 0.5) is 0 Å². The molecule has 1 rings (SSSR count). The summed E-state index contributed by atoms with van der Waals surface area (Å²) in [5, 5.41) is 0. The van der Waals surface area contributed by atoms with Gasteiger partial charge >= 0.3 is 0 Å². The van der Waals surface area contributed by atoms with E-state index in [0.29, 0.717) is 6.61 Å². The van der Waals surface area contributed by atoms with Gasteiger partial charge in [-0.25, -0.2) is 0 Å². The maximum Gasteiger partial charge on any atom is 0.171 e. The number of aliphatic imine (C=N–C) groups is 1. The summed E-state index contributed by atoms with van der Waals surface area (Å²) in [6, 6.07) is 0. The van der Waals surface area contributed by atoms with Gasteiger partial charge in [-0.3, -0.25) is 9.79 Å². The summed E-state index contributed by atoms with van der Waals surface area (Å²) in [5.74, 6) is -0.0527. The Labute approximate surface area is 72.1 Å². The third-order valence-corrected chi connectivity index (χ3v) is 2.04. The Balaban J connectivity index is 2.78. The first kappa shape index (κ1) is 9.13. The van der Waals surface area contributed by atoms with Crippen molar-refractivity contribution in [3.63, 3.8) is 0 Å². The first-order chi connectivity index (χ1) is 5.66. The van der Waals surface area contributed by atoms with E-state index in [2.05, 4.69) is 4.99 Å². The number of carbonyl (C=O) groups excluding carboxylic acids is 1. The van der Waals surface area contributed by atoms with Crippen molar-refractivity contribution in [3.8, 4) is 0 Å². The molecule has 0 saturated heterocycles. The Hall–Kier alpha value is -0.960. The Morgan fingerprint density at radius 2 is 2.25 bits per heavy atom. The van der Waals surface area contributed by atoms with Gasteiger partial charge in [0.25, 0.3) is 0 Å². The van der Waals surface area contributed by atoms with Gasteiger partial charge in [-0.15, -0.1) is 0 Å². The summed E-state index contributed by atoms with van der Waals surface area (Å²) >= 11 is 0. The lowest BCUT2D eigenvalue weighted by molar-refractivity contribution is -0.118. The van der Waals surface area contributed by atoms with Crippen LogP contribution in [-0.2, 0) is 9.53 Å². The largest absolute Gasteiger partial charge is 0.384 e. The fourth-order valence-electron chi connectivity index (χ4n) is 1.12. The smallest absolute Gasteiger partial charge is 0.171 e. The summed E-state index contributed by atoms with van der Waals surface area (Å²) < 4.78 is 4.90. The molecule has 1 heterocycles. The summed E-state index contributed by atoms with van der Waals surface area (Å²) in [5.41, 5.74) is 1.56. The van der Waals surface area contributed by atoms with E-state index in [4.69, 9.17) is 4.74 Å². The van der Waals surface area contributed by atoms with Gasteiger partial charge < -0.3 is 4.74 Å². The number of ketones is 1. The van der Waals surface area contributed by atoms with Crippen molar-refractivity contribution in [2.75, 3.05) is 13.7 Å². The van der Waals surface area contributed by atoms with E-state index < -0.39 is 0 Å². The van der Waals surface area contributed by atoms with E-state index in [1.165, 1.54) is 0 Å². The van der Waals surface area contributed by atoms with E-state index in [9.17, 15) is 4.79 Å². The molecule has 0 fully saturated rings. The number of allylic oxidation sites excluding steroid dienone is 2. The SMILES string of the molecule is COCC1C=NC(C)=C(C)C1=O. The molecule has 0 aliphatic carbocycles. The van der Waals surface area contributed by atoms with E-state index in [-0.39, 0.29) is 11.7 Å². The average molecular weight is 167 g/mol. The molecule has 1 aliphatic heterocycles. The molecule has 3 nitrogen and oxygen atoms in total. The molecular weight excluding hydrogens is 154 g/mol. The van der Waals surface area contributed by atoms with Gasteiger partial charge in [0, 0.05) is 24.6 Å². The number of hydrogen-bond donors (Lipinski definition) is 0. The normalized spacial score (nSPS) is 23.6. The minimum absolute atomic E-state index is 0.129. The number of hydrogen-bond acceptors (Lipinski definition) is 3. The molecule has 3 heteroatoms. The Morgan fingerprint density at radius 3 is 2.83 bits per heavy atom. The molecule has 12 heavy (non-hydrogen) atoms. The number of rotatable bonds is 2. The van der Waals surface area contributed by atoms with Crippen molar-refractivity contribution in [1.29, 1.82) is 0 Å². The van der Waals surface area contributed by atoms with Crippen LogP contribution < -0.4 is 0 Å². The second-order valence-corrected chi connectivity index (χ2v) is 2.91. The van der Waals surface area contributed by atoms with Gasteiger partial charge in [-0.05, 0) is 13.8 Å². The highest BCUT2D eigenvalue weighted by Gasteiger charge is 2.22. The molecule has 0 aromatic carbocycles. The molecule has 0 radical (unpaired) electrons. The van der Waals surface area contributed by atoms with E-state index in [1.807, 2.05) is 6.92 Å². The van der Waals surface area contributed by atoms with Crippen molar-refractivity contribution in [3.05, 3.63) is 11.3 Å². The molecule has 0 amide bonds. The van der Waals surface area contributed by atoms with Gasteiger partial charge in [0.15, 0.2) is 5.78 Å². The second-order valence-electron chi connectivity index (χ2n) is 2.91. The van der Waals surface area contributed by atoms with E-state index in [1.54, 1.807) is 20.2 Å². The Kier molecular flexibility index (Phi) is 2.76. The lowest BCUT2D eigenvalue weighted by atomic mass is 9.97. The van der Waals surface area contributed by atoms with Gasteiger partial charge in [0.2, 0.25) is 0 Å². The van der Waals surface area contributed by atoms with Crippen LogP contribution in [0.15, 0.2) is 16.3 Å². The fourth-order valence-corrected chi connectivity index (χ4v) is 1.12. The molecule has 0 saturated carbocycles. The van der Waals surface area contributed by atoms with Crippen LogP contribution in [0.3, 0.4) is 0 Å². The van der Waals surface area contributed by atoms with Crippen LogP contribution in [0.25, 0.3) is 0 Å². The van der Waals surface area contributed by atoms with Crippen molar-refractivity contribution in [2.45, 2.75) is 13.8 Å². The first-order valence-electron chi connectivity index (χ1n) is 3.91. The van der Waals surface area contributed by atoms with E-state index in [0.717, 1.165) is 11.3 Å². The van der Waals surface area contributed by atoms with E-state index >= 15 is 0 Å². The summed E-state index contributed by atoms with van der Waals surface area (Å²) in [7, 11) is 1.58. The van der Waals surface area contributed by atoms with Crippen molar-refractivity contribution in [1.82, 2.24) is 0 Å². The van der Waals surface area contributed by atoms with Crippen LogP contribution >= 0.6 is 0 Å². The zero-order chi connectivity index (χ0) is 9.14. The number of ether oxygens (including phenoxy) is 1. The molecule has 0 N–H and O–H groups in total. The van der Waals surface area contributed by atoms with Crippen molar-refractivity contribution < 1.29 is 9.53 Å². The summed E-state index contributed by atoms with van der Waals surface area (Å²) in [6.07, 6.45) is 1.66. The van der Waals surface area contributed by atoms with Crippen LogP contribution in [0.2, 0.25) is 0 Å². The topological polar surface area (TPSA) is 38.7 Å². The molecule has 0 spiro atoms. The Morgan fingerprint density at radius 1 is 1.58 bits per heavy atom. The maximum atomic E-state index is 11.5. The zero-order valence-electron chi connectivity index (χ0n) is 7.63. The van der Waals surface area contributed by atoms with Crippen LogP contribution in [0.5, 0.6) is 0 Å². The average Bonchev–Trinajstić information content (AvgIpc) is 2.07. The number of methoxy groups -OCH3 is 1. The molecule has 0 aromatic rings. The lowest BCUT2D eigenvalue weighted by Gasteiger charge is -2.15. The number of carbonyl (C=O) groups is 1. The van der Waals surface area contributed by atoms with Gasteiger partial charge in [-0.1, -0.05) is 0 Å². The lowest BCUT2D eigenvalue weighted by Crippen LogP contribution is -2.25. The molecule has 1 unspecified atom stereocenters. The molecule has 1 aliphatic rings. The highest BCUT2D eigenvalue weighted by atomic mass is 16.5. The zero-order valence-corrected chi connectivity index (χ0v) is 7.63. The van der Waals surface area contributed by atoms with Crippen molar-refractivity contribution >= 4 is 12.0 Å². The highest BCUT2D eigenvalue weighted by Crippen LogP contribution is 2.16. The quantitative estimate of drug-likeness (QED) is 0.619. The Bertz CT molecular complexity index is 253. The van der Waals surface area contributed by atoms with Crippen LogP contribution in [0.1, 0.15) is 13.8 Å². The van der Waals surface area contributed by atoms with Gasteiger partial charge in [0.1, 0.15) is 0 Å². The van der Waals surface area contributed by atoms with Crippen molar-refractivity contribution in [2.24, 2.45) is 10.9 Å². The molecular formula is C9H13NO2. The minimum atomic E-state index is -0.182. The third-order valence-electron chi connectivity index (χ3n) is 2.04. The molecule has 0 bridgehead atoms. The van der Waals surface area contributed by atoms with Crippen LogP contribution in [-0.4, -0.2) is 25.7 Å². The molecule has 1 atom stereocenters. The highest BCUT2D eigenvalue weighted by molar-refractivity contribution is 6.07. The monoisotopic (exact) mass is 167 g/mol. The summed E-state index contributed by atoms with van der Waals surface area (Å²) in [6.45, 7) is 4.07. The third kappa shape index (κ3) is 1.61. The minimum Gasteiger partial charge on any atom is -0.384 e. The number of nitrogens with zero attached hydrogens (tertiary/aromatic N) is 1. The van der Waals surface area contributed by atoms with Gasteiger partial charge in [-0.2, -0.15) is 0 Å². The molecule has 66 valence electrons. The fraction of sp³-hybridized carbons (Fsp3) is 0.556. The number of Topliss-reactive ketones (excluding diaryl/α,β-unsaturated/α-hetero) is 1. The molecule has 0 aromatic heterocycles. The first-order valence-corrected chi connectivity index (χ1v) is 3.91. The summed E-state index contributed by atoms with van der Waals surface area (Å²) in [4.78, 5) is 15.6. The standard InChI is InChI=1S/C9H13NO2/c1-6-7(2)10-4-8(5-12-3)9(6)11/h4,8H,5H2,1-3H3. The van der Waals surface area contributed by atoms with Crippen LogP contribution in [0, 0.1) is 5.92 Å².